The predicted molar refractivity (Wildman–Crippen MR) is 83.4 cm³/mol. The summed E-state index contributed by atoms with van der Waals surface area (Å²) in [5.41, 5.74) is 6.17. The lowest BCUT2D eigenvalue weighted by Gasteiger charge is -2.32. The van der Waals surface area contributed by atoms with E-state index < -0.39 is 0 Å². The number of anilines is 1. The summed E-state index contributed by atoms with van der Waals surface area (Å²) in [6.07, 6.45) is 9.74. The number of nitrogens with zero attached hydrogens (tertiary/aromatic N) is 3. The molecule has 0 aliphatic carbocycles. The minimum absolute atomic E-state index is 0.0739. The molecule has 6 heteroatoms. The van der Waals surface area contributed by atoms with Crippen LogP contribution in [0.3, 0.4) is 0 Å². The summed E-state index contributed by atoms with van der Waals surface area (Å²) in [5.74, 6) is 0.157. The summed E-state index contributed by atoms with van der Waals surface area (Å²) < 4.78 is 0. The zero-order chi connectivity index (χ0) is 15.1. The quantitative estimate of drug-likeness (QED) is 0.792. The van der Waals surface area contributed by atoms with Crippen LogP contribution in [0.25, 0.3) is 6.08 Å². The van der Waals surface area contributed by atoms with Gasteiger partial charge >= 0.3 is 0 Å². The highest BCUT2D eigenvalue weighted by molar-refractivity contribution is 5.91. The van der Waals surface area contributed by atoms with Gasteiger partial charge in [0.25, 0.3) is 0 Å². The van der Waals surface area contributed by atoms with E-state index >= 15 is 0 Å². The van der Waals surface area contributed by atoms with Gasteiger partial charge in [-0.15, -0.1) is 0 Å². The van der Waals surface area contributed by atoms with Gasteiger partial charge in [0, 0.05) is 36.6 Å². The summed E-state index contributed by atoms with van der Waals surface area (Å²) in [6, 6.07) is 0.241. The van der Waals surface area contributed by atoms with Crippen LogP contribution in [-0.4, -0.2) is 46.5 Å². The van der Waals surface area contributed by atoms with E-state index in [9.17, 15) is 4.79 Å². The van der Waals surface area contributed by atoms with Gasteiger partial charge in [-0.25, -0.2) is 9.97 Å². The van der Waals surface area contributed by atoms with Crippen molar-refractivity contribution in [3.05, 3.63) is 24.0 Å². The van der Waals surface area contributed by atoms with Crippen LogP contribution in [0.1, 0.15) is 31.7 Å². The number of carbonyl (C=O) groups excluding carboxylic acids is 1. The first-order valence-electron chi connectivity index (χ1n) is 7.46. The van der Waals surface area contributed by atoms with E-state index in [1.54, 1.807) is 18.5 Å². The minimum atomic E-state index is -0.0739. The number of carbonyl (C=O) groups is 1. The van der Waals surface area contributed by atoms with Crippen LogP contribution < -0.4 is 11.1 Å². The van der Waals surface area contributed by atoms with E-state index in [0.29, 0.717) is 0 Å². The number of nitrogen functional groups attached to an aromatic ring is 1. The molecule has 1 aromatic heterocycles. The fraction of sp³-hybridized carbons (Fsp3) is 0.533. The molecular weight excluding hydrogens is 266 g/mol. The first-order chi connectivity index (χ1) is 10.2. The Labute approximate surface area is 125 Å². The van der Waals surface area contributed by atoms with Crippen LogP contribution in [0.5, 0.6) is 0 Å². The molecule has 2 heterocycles. The Morgan fingerprint density at radius 1 is 1.52 bits per heavy atom. The van der Waals surface area contributed by atoms with E-state index in [-0.39, 0.29) is 17.9 Å². The smallest absolute Gasteiger partial charge is 0.244 e. The Morgan fingerprint density at radius 3 is 3.00 bits per heavy atom. The number of aromatic nitrogens is 2. The molecule has 1 fully saturated rings. The SMILES string of the molecule is CCCN1CCCC(NC(=O)/C=C/c2cnc(N)nc2)C1. The zero-order valence-electron chi connectivity index (χ0n) is 12.5. The van der Waals surface area contributed by atoms with Crippen LogP contribution in [0.2, 0.25) is 0 Å². The van der Waals surface area contributed by atoms with Gasteiger partial charge in [0.15, 0.2) is 0 Å². The van der Waals surface area contributed by atoms with Gasteiger partial charge in [-0.1, -0.05) is 6.92 Å². The van der Waals surface area contributed by atoms with Crippen LogP contribution in [0.15, 0.2) is 18.5 Å². The molecule has 0 radical (unpaired) electrons. The van der Waals surface area contributed by atoms with Gasteiger partial charge < -0.3 is 16.0 Å². The van der Waals surface area contributed by atoms with Gasteiger partial charge in [-0.3, -0.25) is 4.79 Å². The topological polar surface area (TPSA) is 84.1 Å². The molecule has 1 aliphatic heterocycles. The van der Waals surface area contributed by atoms with Gasteiger partial charge in [0.05, 0.1) is 0 Å². The molecule has 2 rings (SSSR count). The molecule has 1 aromatic rings. The van der Waals surface area contributed by atoms with Crippen molar-refractivity contribution in [2.75, 3.05) is 25.4 Å². The maximum Gasteiger partial charge on any atom is 0.244 e. The van der Waals surface area contributed by atoms with Crippen molar-refractivity contribution < 1.29 is 4.79 Å². The molecule has 1 amide bonds. The van der Waals surface area contributed by atoms with Crippen LogP contribution in [-0.2, 0) is 4.79 Å². The third kappa shape index (κ3) is 5.15. The number of nitrogens with one attached hydrogen (secondary N) is 1. The lowest BCUT2D eigenvalue weighted by molar-refractivity contribution is -0.117. The van der Waals surface area contributed by atoms with Crippen molar-refractivity contribution in [3.63, 3.8) is 0 Å². The molecule has 0 bridgehead atoms. The number of piperidine rings is 1. The second-order valence-electron chi connectivity index (χ2n) is 5.36. The first kappa shape index (κ1) is 15.4. The summed E-state index contributed by atoms with van der Waals surface area (Å²) >= 11 is 0. The molecule has 0 saturated carbocycles. The van der Waals surface area contributed by atoms with Crippen LogP contribution in [0, 0.1) is 0 Å². The Kier molecular flexibility index (Phi) is 5.68. The van der Waals surface area contributed by atoms with Gasteiger partial charge in [-0.2, -0.15) is 0 Å². The second-order valence-corrected chi connectivity index (χ2v) is 5.36. The van der Waals surface area contributed by atoms with Crippen molar-refractivity contribution >= 4 is 17.9 Å². The maximum atomic E-state index is 11.9. The number of nitrogens with two attached hydrogens (primary N) is 1. The molecule has 1 saturated heterocycles. The number of hydrogen-bond acceptors (Lipinski definition) is 5. The summed E-state index contributed by atoms with van der Waals surface area (Å²) in [6.45, 7) is 5.36. The van der Waals surface area contributed by atoms with E-state index in [4.69, 9.17) is 5.73 Å². The normalized spacial score (nSPS) is 19.8. The molecule has 3 N–H and O–H groups in total. The average Bonchev–Trinajstić information content (AvgIpc) is 2.47. The summed E-state index contributed by atoms with van der Waals surface area (Å²) in [4.78, 5) is 22.1. The fourth-order valence-electron chi connectivity index (χ4n) is 2.55. The lowest BCUT2D eigenvalue weighted by Crippen LogP contribution is -2.47. The standard InChI is InChI=1S/C15H23N5O/c1-2-7-20-8-3-4-13(11-20)19-14(21)6-5-12-9-17-15(16)18-10-12/h5-6,9-10,13H,2-4,7-8,11H2,1H3,(H,19,21)(H2,16,17,18)/b6-5+. The maximum absolute atomic E-state index is 11.9. The van der Waals surface area contributed by atoms with Crippen molar-refractivity contribution in [1.29, 1.82) is 0 Å². The average molecular weight is 289 g/mol. The highest BCUT2D eigenvalue weighted by atomic mass is 16.1. The van der Waals surface area contributed by atoms with Gasteiger partial charge in [-0.05, 0) is 38.4 Å². The highest BCUT2D eigenvalue weighted by Crippen LogP contribution is 2.10. The van der Waals surface area contributed by atoms with Gasteiger partial charge in [0.2, 0.25) is 11.9 Å². The van der Waals surface area contributed by atoms with E-state index in [1.807, 2.05) is 0 Å². The largest absolute Gasteiger partial charge is 0.368 e. The number of hydrogen-bond donors (Lipinski definition) is 2. The molecule has 1 aliphatic rings. The fourth-order valence-corrected chi connectivity index (χ4v) is 2.55. The molecule has 0 spiro atoms. The van der Waals surface area contributed by atoms with E-state index in [1.165, 1.54) is 6.08 Å². The minimum Gasteiger partial charge on any atom is -0.368 e. The van der Waals surface area contributed by atoms with E-state index in [0.717, 1.165) is 44.5 Å². The van der Waals surface area contributed by atoms with Gasteiger partial charge in [0.1, 0.15) is 0 Å². The number of amides is 1. The first-order valence-corrected chi connectivity index (χ1v) is 7.46. The number of likely N-dealkylation sites (tertiary alicyclic amines) is 1. The molecule has 1 unspecified atom stereocenters. The third-order valence-corrected chi connectivity index (χ3v) is 3.51. The summed E-state index contributed by atoms with van der Waals surface area (Å²) in [7, 11) is 0. The zero-order valence-corrected chi connectivity index (χ0v) is 12.5. The van der Waals surface area contributed by atoms with Crippen molar-refractivity contribution in [2.45, 2.75) is 32.2 Å². The van der Waals surface area contributed by atoms with Crippen molar-refractivity contribution in [1.82, 2.24) is 20.2 Å². The highest BCUT2D eigenvalue weighted by Gasteiger charge is 2.19. The summed E-state index contributed by atoms with van der Waals surface area (Å²) in [5, 5.41) is 3.06. The number of rotatable bonds is 5. The molecule has 1 atom stereocenters. The lowest BCUT2D eigenvalue weighted by atomic mass is 10.1. The second kappa shape index (κ2) is 7.73. The Morgan fingerprint density at radius 2 is 2.29 bits per heavy atom. The van der Waals surface area contributed by atoms with Crippen molar-refractivity contribution in [3.8, 4) is 0 Å². The molecule has 114 valence electrons. The third-order valence-electron chi connectivity index (χ3n) is 3.51. The Hall–Kier alpha value is -1.95. The van der Waals surface area contributed by atoms with E-state index in [2.05, 4.69) is 27.1 Å². The van der Waals surface area contributed by atoms with Crippen LogP contribution in [0.4, 0.5) is 5.95 Å². The van der Waals surface area contributed by atoms with Crippen LogP contribution >= 0.6 is 0 Å². The molecule has 6 nitrogen and oxygen atoms in total. The molecule has 21 heavy (non-hydrogen) atoms. The predicted octanol–water partition coefficient (Wildman–Crippen LogP) is 1.06. The monoisotopic (exact) mass is 289 g/mol. The van der Waals surface area contributed by atoms with Crippen molar-refractivity contribution in [2.24, 2.45) is 0 Å². The molecular formula is C15H23N5O. The Balaban J connectivity index is 1.82. The Bertz CT molecular complexity index is 483. The molecule has 0 aromatic carbocycles.